The van der Waals surface area contributed by atoms with Gasteiger partial charge in [-0.1, -0.05) is 0 Å². The molecule has 3 nitrogen and oxygen atoms in total. The van der Waals surface area contributed by atoms with Crippen molar-refractivity contribution in [2.45, 2.75) is 26.8 Å². The van der Waals surface area contributed by atoms with E-state index < -0.39 is 0 Å². The van der Waals surface area contributed by atoms with Gasteiger partial charge in [0.2, 0.25) is 5.88 Å². The van der Waals surface area contributed by atoms with Crippen molar-refractivity contribution in [2.24, 2.45) is 0 Å². The van der Waals surface area contributed by atoms with Gasteiger partial charge in [-0.25, -0.2) is 4.68 Å². The maximum atomic E-state index is 5.15. The van der Waals surface area contributed by atoms with Crippen LogP contribution in [0.25, 0.3) is 0 Å². The van der Waals surface area contributed by atoms with E-state index in [9.17, 15) is 0 Å². The first-order valence-electron chi connectivity index (χ1n) is 3.67. The Morgan fingerprint density at radius 1 is 1.55 bits per heavy atom. The van der Waals surface area contributed by atoms with Crippen LogP contribution in [0.15, 0.2) is 0 Å². The Balaban J connectivity index is 3.05. The Hall–Kier alpha value is -0.990. The lowest BCUT2D eigenvalue weighted by molar-refractivity contribution is 0.343. The minimum Gasteiger partial charge on any atom is -0.481 e. The van der Waals surface area contributed by atoms with Crippen molar-refractivity contribution < 1.29 is 4.74 Å². The molecular formula is C8H13N2O. The monoisotopic (exact) mass is 153 g/mol. The predicted octanol–water partition coefficient (Wildman–Crippen LogP) is 1.58. The molecule has 61 valence electrons. The highest BCUT2D eigenvalue weighted by molar-refractivity contribution is 5.21. The molecule has 0 atom stereocenters. The van der Waals surface area contributed by atoms with Crippen LogP contribution in [0.3, 0.4) is 0 Å². The van der Waals surface area contributed by atoms with Crippen LogP contribution in [0.1, 0.15) is 25.5 Å². The van der Waals surface area contributed by atoms with Crippen LogP contribution in [0.4, 0.5) is 0 Å². The van der Waals surface area contributed by atoms with Crippen molar-refractivity contribution in [3.05, 3.63) is 11.8 Å². The second-order valence-corrected chi connectivity index (χ2v) is 2.78. The molecule has 3 heteroatoms. The molecular weight excluding hydrogens is 140 g/mol. The highest BCUT2D eigenvalue weighted by Gasteiger charge is 2.09. The van der Waals surface area contributed by atoms with Crippen LogP contribution in [-0.2, 0) is 0 Å². The van der Waals surface area contributed by atoms with Crippen molar-refractivity contribution in [3.8, 4) is 5.88 Å². The van der Waals surface area contributed by atoms with Gasteiger partial charge in [-0.3, -0.25) is 0 Å². The molecule has 0 aliphatic rings. The Labute approximate surface area is 67.0 Å². The zero-order valence-electron chi connectivity index (χ0n) is 7.38. The molecule has 0 unspecified atom stereocenters. The van der Waals surface area contributed by atoms with Crippen LogP contribution >= 0.6 is 0 Å². The van der Waals surface area contributed by atoms with Gasteiger partial charge in [0.25, 0.3) is 0 Å². The predicted molar refractivity (Wildman–Crippen MR) is 42.7 cm³/mol. The smallest absolute Gasteiger partial charge is 0.215 e. The first kappa shape index (κ1) is 8.11. The number of nitrogens with zero attached hydrogens (tertiary/aromatic N) is 2. The Kier molecular flexibility index (Phi) is 2.17. The summed E-state index contributed by atoms with van der Waals surface area (Å²) < 4.78 is 6.96. The third kappa shape index (κ3) is 1.37. The van der Waals surface area contributed by atoms with E-state index in [4.69, 9.17) is 4.74 Å². The number of hydrogen-bond acceptors (Lipinski definition) is 2. The number of aromatic nitrogens is 2. The lowest BCUT2D eigenvalue weighted by Gasteiger charge is -2.09. The summed E-state index contributed by atoms with van der Waals surface area (Å²) in [5.74, 6) is 0.806. The number of rotatable bonds is 2. The average molecular weight is 153 g/mol. The molecule has 1 radical (unpaired) electrons. The van der Waals surface area contributed by atoms with Gasteiger partial charge in [-0.2, -0.15) is 5.10 Å². The summed E-state index contributed by atoms with van der Waals surface area (Å²) in [7, 11) is 1.65. The molecule has 0 aliphatic heterocycles. The van der Waals surface area contributed by atoms with Gasteiger partial charge in [-0.15, -0.1) is 0 Å². The number of hydrogen-bond donors (Lipinski definition) is 0. The third-order valence-corrected chi connectivity index (χ3v) is 1.54. The van der Waals surface area contributed by atoms with E-state index in [2.05, 4.69) is 25.1 Å². The van der Waals surface area contributed by atoms with Crippen molar-refractivity contribution in [3.63, 3.8) is 0 Å². The maximum absolute atomic E-state index is 5.15. The third-order valence-electron chi connectivity index (χ3n) is 1.54. The molecule has 0 fully saturated rings. The number of ether oxygens (including phenoxy) is 1. The van der Waals surface area contributed by atoms with Gasteiger partial charge in [0.15, 0.2) is 0 Å². The molecule has 1 heterocycles. The molecule has 11 heavy (non-hydrogen) atoms. The largest absolute Gasteiger partial charge is 0.481 e. The van der Waals surface area contributed by atoms with Crippen molar-refractivity contribution in [2.75, 3.05) is 7.11 Å². The highest BCUT2D eigenvalue weighted by atomic mass is 16.5. The minimum absolute atomic E-state index is 0.329. The van der Waals surface area contributed by atoms with Gasteiger partial charge in [0.1, 0.15) is 6.20 Å². The molecule has 1 rings (SSSR count). The summed E-state index contributed by atoms with van der Waals surface area (Å²) in [5, 5.41) is 4.05. The minimum atomic E-state index is 0.329. The standard InChI is InChI=1S/C8H13N2O/c1-6(2)10-8(11-4)7(3)5-9-10/h6H,1-4H3. The van der Waals surface area contributed by atoms with Crippen molar-refractivity contribution >= 4 is 0 Å². The highest BCUT2D eigenvalue weighted by Crippen LogP contribution is 2.19. The normalized spacial score (nSPS) is 10.6. The summed E-state index contributed by atoms with van der Waals surface area (Å²) in [4.78, 5) is 0. The Morgan fingerprint density at radius 2 is 2.18 bits per heavy atom. The van der Waals surface area contributed by atoms with Crippen LogP contribution in [0.5, 0.6) is 5.88 Å². The molecule has 0 saturated carbocycles. The van der Waals surface area contributed by atoms with E-state index in [0.29, 0.717) is 6.04 Å². The molecule has 0 saturated heterocycles. The first-order chi connectivity index (χ1) is 5.16. The molecule has 0 aliphatic carbocycles. The molecule has 0 spiro atoms. The van der Waals surface area contributed by atoms with Gasteiger partial charge in [-0.05, 0) is 20.8 Å². The summed E-state index contributed by atoms with van der Waals surface area (Å²) in [5.41, 5.74) is 0.959. The topological polar surface area (TPSA) is 27.1 Å². The zero-order valence-corrected chi connectivity index (χ0v) is 7.38. The van der Waals surface area contributed by atoms with E-state index in [-0.39, 0.29) is 0 Å². The quantitative estimate of drug-likeness (QED) is 0.645. The van der Waals surface area contributed by atoms with E-state index in [1.807, 2.05) is 11.6 Å². The Morgan fingerprint density at radius 3 is 2.55 bits per heavy atom. The van der Waals surface area contributed by atoms with Crippen LogP contribution in [0, 0.1) is 13.1 Å². The first-order valence-corrected chi connectivity index (χ1v) is 3.67. The van der Waals surface area contributed by atoms with E-state index in [1.54, 1.807) is 7.11 Å². The summed E-state index contributed by atoms with van der Waals surface area (Å²) in [6.07, 6.45) is 2.86. The molecule has 0 amide bonds. The molecule has 1 aromatic heterocycles. The summed E-state index contributed by atoms with van der Waals surface area (Å²) in [6, 6.07) is 0.329. The fourth-order valence-corrected chi connectivity index (χ4v) is 0.991. The fraction of sp³-hybridized carbons (Fsp3) is 0.625. The Bertz CT molecular complexity index is 240. The van der Waals surface area contributed by atoms with E-state index in [0.717, 1.165) is 11.4 Å². The lowest BCUT2D eigenvalue weighted by atomic mass is 10.4. The van der Waals surface area contributed by atoms with Gasteiger partial charge in [0, 0.05) is 5.56 Å². The fourth-order valence-electron chi connectivity index (χ4n) is 0.991. The van der Waals surface area contributed by atoms with Gasteiger partial charge < -0.3 is 4.74 Å². The van der Waals surface area contributed by atoms with Gasteiger partial charge >= 0.3 is 0 Å². The van der Waals surface area contributed by atoms with E-state index >= 15 is 0 Å². The zero-order chi connectivity index (χ0) is 8.43. The number of aryl methyl sites for hydroxylation is 1. The van der Waals surface area contributed by atoms with Crippen molar-refractivity contribution in [1.82, 2.24) is 9.78 Å². The van der Waals surface area contributed by atoms with Crippen LogP contribution in [-0.4, -0.2) is 16.9 Å². The lowest BCUT2D eigenvalue weighted by Crippen LogP contribution is -2.05. The summed E-state index contributed by atoms with van der Waals surface area (Å²) in [6.45, 7) is 6.05. The molecule has 0 N–H and O–H groups in total. The second-order valence-electron chi connectivity index (χ2n) is 2.78. The molecule has 1 aromatic rings. The van der Waals surface area contributed by atoms with Gasteiger partial charge in [0.05, 0.1) is 13.2 Å². The van der Waals surface area contributed by atoms with Crippen LogP contribution in [0.2, 0.25) is 0 Å². The molecule has 0 aromatic carbocycles. The summed E-state index contributed by atoms with van der Waals surface area (Å²) >= 11 is 0. The van der Waals surface area contributed by atoms with Crippen LogP contribution < -0.4 is 4.74 Å². The number of methoxy groups -OCH3 is 1. The van der Waals surface area contributed by atoms with Crippen molar-refractivity contribution in [1.29, 1.82) is 0 Å². The average Bonchev–Trinajstić information content (AvgIpc) is 2.30. The molecule has 0 bridgehead atoms. The van der Waals surface area contributed by atoms with E-state index in [1.165, 1.54) is 0 Å². The SMILES string of the molecule is COc1c(C)[c]nn1C(C)C. The maximum Gasteiger partial charge on any atom is 0.215 e. The second kappa shape index (κ2) is 2.95.